The zero-order chi connectivity index (χ0) is 19.9. The predicted molar refractivity (Wildman–Crippen MR) is 104 cm³/mol. The van der Waals surface area contributed by atoms with Crippen molar-refractivity contribution in [1.29, 1.82) is 0 Å². The Morgan fingerprint density at radius 3 is 2.68 bits per heavy atom. The molecule has 1 fully saturated rings. The second kappa shape index (κ2) is 9.35. The number of aryl methyl sites for hydroxylation is 1. The maximum atomic E-state index is 13.8. The van der Waals surface area contributed by atoms with Crippen LogP contribution in [0.2, 0.25) is 0 Å². The average Bonchev–Trinajstić information content (AvgIpc) is 3.11. The zero-order valence-electron chi connectivity index (χ0n) is 16.0. The van der Waals surface area contributed by atoms with Crippen LogP contribution < -0.4 is 10.1 Å². The molecular formula is C22H25FN2O3. The molecule has 0 bridgehead atoms. The normalized spacial score (nSPS) is 14.8. The van der Waals surface area contributed by atoms with Crippen LogP contribution >= 0.6 is 0 Å². The van der Waals surface area contributed by atoms with E-state index in [9.17, 15) is 14.0 Å². The van der Waals surface area contributed by atoms with E-state index in [1.165, 1.54) is 13.2 Å². The van der Waals surface area contributed by atoms with E-state index in [2.05, 4.69) is 5.32 Å². The summed E-state index contributed by atoms with van der Waals surface area (Å²) in [6.07, 6.45) is 2.09. The number of likely N-dealkylation sites (tertiary alicyclic amines) is 1. The number of methoxy groups -OCH3 is 1. The molecule has 1 unspecified atom stereocenters. The highest BCUT2D eigenvalue weighted by Gasteiger charge is 2.25. The first-order chi connectivity index (χ1) is 13.6. The van der Waals surface area contributed by atoms with Crippen molar-refractivity contribution in [2.75, 3.05) is 20.2 Å². The summed E-state index contributed by atoms with van der Waals surface area (Å²) < 4.78 is 18.7. The third-order valence-corrected chi connectivity index (χ3v) is 4.97. The summed E-state index contributed by atoms with van der Waals surface area (Å²) >= 11 is 0. The fraction of sp³-hybridized carbons (Fsp3) is 0.364. The van der Waals surface area contributed by atoms with Crippen molar-refractivity contribution in [3.63, 3.8) is 0 Å². The highest BCUT2D eigenvalue weighted by atomic mass is 19.1. The Bertz CT molecular complexity index is 826. The van der Waals surface area contributed by atoms with Gasteiger partial charge in [0.25, 0.3) is 0 Å². The summed E-state index contributed by atoms with van der Waals surface area (Å²) in [6.45, 7) is 1.19. The molecule has 2 amide bonds. The summed E-state index contributed by atoms with van der Waals surface area (Å²) in [7, 11) is 1.42. The standard InChI is InChI=1S/C22H25FN2O3/c1-28-20-11-9-16(14-18(20)23)10-12-21(26)24-19(17-6-3-2-4-7-17)15-25-13-5-8-22(25)27/h2-4,6-7,9,11,14,19H,5,8,10,12-13,15H2,1H3,(H,24,26). The van der Waals surface area contributed by atoms with Gasteiger partial charge >= 0.3 is 0 Å². The lowest BCUT2D eigenvalue weighted by molar-refractivity contribution is -0.129. The molecule has 0 saturated carbocycles. The summed E-state index contributed by atoms with van der Waals surface area (Å²) in [5.41, 5.74) is 1.70. The summed E-state index contributed by atoms with van der Waals surface area (Å²) in [6, 6.07) is 14.1. The molecule has 6 heteroatoms. The van der Waals surface area contributed by atoms with Gasteiger partial charge in [0.2, 0.25) is 11.8 Å². The predicted octanol–water partition coefficient (Wildman–Crippen LogP) is 3.25. The van der Waals surface area contributed by atoms with Crippen LogP contribution in [0.15, 0.2) is 48.5 Å². The molecule has 0 aliphatic carbocycles. The lowest BCUT2D eigenvalue weighted by atomic mass is 10.0. The Morgan fingerprint density at radius 1 is 1.25 bits per heavy atom. The van der Waals surface area contributed by atoms with Crippen molar-refractivity contribution in [3.8, 4) is 5.75 Å². The third kappa shape index (κ3) is 5.09. The van der Waals surface area contributed by atoms with Crippen molar-refractivity contribution in [1.82, 2.24) is 10.2 Å². The molecule has 148 valence electrons. The minimum absolute atomic E-state index is 0.128. The van der Waals surface area contributed by atoms with Crippen LogP contribution in [0, 0.1) is 5.82 Å². The maximum absolute atomic E-state index is 13.8. The van der Waals surface area contributed by atoms with E-state index in [1.807, 2.05) is 30.3 Å². The topological polar surface area (TPSA) is 58.6 Å². The number of nitrogens with one attached hydrogen (secondary N) is 1. The molecule has 1 aliphatic rings. The van der Waals surface area contributed by atoms with E-state index in [1.54, 1.807) is 17.0 Å². The second-order valence-corrected chi connectivity index (χ2v) is 6.94. The fourth-order valence-corrected chi connectivity index (χ4v) is 3.43. The van der Waals surface area contributed by atoms with Gasteiger partial charge in [-0.3, -0.25) is 9.59 Å². The number of hydrogen-bond donors (Lipinski definition) is 1. The number of benzene rings is 2. The fourth-order valence-electron chi connectivity index (χ4n) is 3.43. The van der Waals surface area contributed by atoms with Crippen molar-refractivity contribution in [3.05, 3.63) is 65.5 Å². The second-order valence-electron chi connectivity index (χ2n) is 6.94. The van der Waals surface area contributed by atoms with Crippen LogP contribution in [0.1, 0.15) is 36.4 Å². The number of rotatable bonds is 8. The Hall–Kier alpha value is -2.89. The minimum Gasteiger partial charge on any atom is -0.494 e. The molecule has 0 aromatic heterocycles. The van der Waals surface area contributed by atoms with Gasteiger partial charge in [-0.1, -0.05) is 36.4 Å². The molecule has 2 aromatic carbocycles. The van der Waals surface area contributed by atoms with Crippen molar-refractivity contribution in [2.45, 2.75) is 31.7 Å². The smallest absolute Gasteiger partial charge is 0.222 e. The first-order valence-corrected chi connectivity index (χ1v) is 9.51. The first kappa shape index (κ1) is 19.9. The van der Waals surface area contributed by atoms with Crippen LogP contribution in [-0.4, -0.2) is 36.9 Å². The summed E-state index contributed by atoms with van der Waals surface area (Å²) in [5, 5.41) is 3.04. The average molecular weight is 384 g/mol. The number of carbonyl (C=O) groups is 2. The Morgan fingerprint density at radius 2 is 2.04 bits per heavy atom. The van der Waals surface area contributed by atoms with Crippen LogP contribution in [0.3, 0.4) is 0 Å². The van der Waals surface area contributed by atoms with Crippen LogP contribution in [0.5, 0.6) is 5.75 Å². The van der Waals surface area contributed by atoms with E-state index in [0.29, 0.717) is 19.4 Å². The van der Waals surface area contributed by atoms with Gasteiger partial charge in [-0.2, -0.15) is 0 Å². The quantitative estimate of drug-likeness (QED) is 0.760. The molecule has 1 heterocycles. The molecule has 2 aromatic rings. The molecule has 1 N–H and O–H groups in total. The molecule has 3 rings (SSSR count). The van der Waals surface area contributed by atoms with E-state index in [4.69, 9.17) is 4.74 Å². The van der Waals surface area contributed by atoms with Crippen molar-refractivity contribution < 1.29 is 18.7 Å². The van der Waals surface area contributed by atoms with Gasteiger partial charge in [-0.15, -0.1) is 0 Å². The van der Waals surface area contributed by atoms with E-state index >= 15 is 0 Å². The number of nitrogens with zero attached hydrogens (tertiary/aromatic N) is 1. The van der Waals surface area contributed by atoms with E-state index < -0.39 is 5.82 Å². The van der Waals surface area contributed by atoms with Crippen LogP contribution in [-0.2, 0) is 16.0 Å². The molecule has 28 heavy (non-hydrogen) atoms. The Labute approximate surface area is 164 Å². The highest BCUT2D eigenvalue weighted by molar-refractivity contribution is 5.79. The van der Waals surface area contributed by atoms with Gasteiger partial charge in [0.1, 0.15) is 0 Å². The summed E-state index contributed by atoms with van der Waals surface area (Å²) in [4.78, 5) is 26.3. The summed E-state index contributed by atoms with van der Waals surface area (Å²) in [5.74, 6) is -0.247. The monoisotopic (exact) mass is 384 g/mol. The Kier molecular flexibility index (Phi) is 6.63. The van der Waals surface area contributed by atoms with Crippen molar-refractivity contribution >= 4 is 11.8 Å². The molecule has 1 atom stereocenters. The molecule has 1 aliphatic heterocycles. The first-order valence-electron chi connectivity index (χ1n) is 9.51. The SMILES string of the molecule is COc1ccc(CCC(=O)NC(CN2CCCC2=O)c2ccccc2)cc1F. The van der Waals surface area contributed by atoms with Crippen LogP contribution in [0.4, 0.5) is 4.39 Å². The Balaban J connectivity index is 1.62. The highest BCUT2D eigenvalue weighted by Crippen LogP contribution is 2.20. The molecule has 1 saturated heterocycles. The number of amides is 2. The lowest BCUT2D eigenvalue weighted by Crippen LogP contribution is -2.38. The largest absolute Gasteiger partial charge is 0.494 e. The van der Waals surface area contributed by atoms with E-state index in [-0.39, 0.29) is 30.0 Å². The minimum atomic E-state index is -0.435. The van der Waals surface area contributed by atoms with Gasteiger partial charge in [-0.05, 0) is 36.1 Å². The maximum Gasteiger partial charge on any atom is 0.222 e. The zero-order valence-corrected chi connectivity index (χ0v) is 16.0. The lowest BCUT2D eigenvalue weighted by Gasteiger charge is -2.25. The van der Waals surface area contributed by atoms with Crippen LogP contribution in [0.25, 0.3) is 0 Å². The van der Waals surface area contributed by atoms with Gasteiger partial charge in [-0.25, -0.2) is 4.39 Å². The number of ether oxygens (including phenoxy) is 1. The number of halogens is 1. The van der Waals surface area contributed by atoms with Gasteiger partial charge in [0, 0.05) is 25.9 Å². The third-order valence-electron chi connectivity index (χ3n) is 4.97. The molecular weight excluding hydrogens is 359 g/mol. The van der Waals surface area contributed by atoms with E-state index in [0.717, 1.165) is 24.1 Å². The van der Waals surface area contributed by atoms with Gasteiger partial charge in [0.15, 0.2) is 11.6 Å². The van der Waals surface area contributed by atoms with Gasteiger partial charge in [0.05, 0.1) is 13.2 Å². The molecule has 0 spiro atoms. The van der Waals surface area contributed by atoms with Crippen molar-refractivity contribution in [2.24, 2.45) is 0 Å². The molecule has 0 radical (unpaired) electrons. The number of carbonyl (C=O) groups excluding carboxylic acids is 2. The number of hydrogen-bond acceptors (Lipinski definition) is 3. The molecule has 5 nitrogen and oxygen atoms in total. The van der Waals surface area contributed by atoms with Gasteiger partial charge < -0.3 is 15.0 Å².